The lowest BCUT2D eigenvalue weighted by atomic mass is 10.1. The third-order valence-electron chi connectivity index (χ3n) is 5.02. The van der Waals surface area contributed by atoms with Gasteiger partial charge in [0.25, 0.3) is 5.91 Å². The van der Waals surface area contributed by atoms with Gasteiger partial charge in [-0.1, -0.05) is 12.1 Å². The molecule has 7 heteroatoms. The van der Waals surface area contributed by atoms with E-state index >= 15 is 0 Å². The van der Waals surface area contributed by atoms with Crippen molar-refractivity contribution in [2.75, 3.05) is 5.32 Å². The van der Waals surface area contributed by atoms with Crippen LogP contribution in [-0.4, -0.2) is 16.4 Å². The minimum Gasteiger partial charge on any atom is -0.423 e. The van der Waals surface area contributed by atoms with E-state index in [0.29, 0.717) is 28.6 Å². The van der Waals surface area contributed by atoms with Crippen LogP contribution >= 0.6 is 0 Å². The van der Waals surface area contributed by atoms with E-state index in [1.807, 2.05) is 17.6 Å². The third kappa shape index (κ3) is 4.07. The van der Waals surface area contributed by atoms with Gasteiger partial charge in [0.15, 0.2) is 0 Å². The Hall–Kier alpha value is -4.44. The number of rotatable bonds is 5. The number of ether oxygens (including phenoxy) is 1. The van der Waals surface area contributed by atoms with Gasteiger partial charge in [0.2, 0.25) is 0 Å². The van der Waals surface area contributed by atoms with Crippen LogP contribution in [0.15, 0.2) is 72.9 Å². The van der Waals surface area contributed by atoms with Crippen LogP contribution in [0.4, 0.5) is 10.1 Å². The number of aromatic nitrogens is 1. The number of benzene rings is 3. The summed E-state index contributed by atoms with van der Waals surface area (Å²) in [5.41, 5.74) is 1.94. The van der Waals surface area contributed by atoms with E-state index in [9.17, 15) is 14.0 Å². The summed E-state index contributed by atoms with van der Waals surface area (Å²) in [7, 11) is 0. The summed E-state index contributed by atoms with van der Waals surface area (Å²) in [4.78, 5) is 25.4. The zero-order valence-corrected chi connectivity index (χ0v) is 17.1. The van der Waals surface area contributed by atoms with Crippen molar-refractivity contribution < 1.29 is 18.7 Å². The number of aryl methyl sites for hydroxylation is 1. The van der Waals surface area contributed by atoms with Crippen molar-refractivity contribution in [3.8, 4) is 11.8 Å². The van der Waals surface area contributed by atoms with Crippen LogP contribution < -0.4 is 10.1 Å². The maximum atomic E-state index is 14.0. The largest absolute Gasteiger partial charge is 0.423 e. The number of anilines is 1. The molecule has 0 aliphatic carbocycles. The quantitative estimate of drug-likeness (QED) is 0.353. The highest BCUT2D eigenvalue weighted by Gasteiger charge is 2.18. The molecule has 4 rings (SSSR count). The number of fused-ring (bicyclic) bond motifs is 1. The molecular weight excluding hydrogens is 409 g/mol. The Balaban J connectivity index is 1.65. The molecule has 158 valence electrons. The van der Waals surface area contributed by atoms with Crippen molar-refractivity contribution in [1.82, 2.24) is 4.57 Å². The monoisotopic (exact) mass is 427 g/mol. The second-order valence-electron chi connectivity index (χ2n) is 7.02. The van der Waals surface area contributed by atoms with E-state index in [1.165, 1.54) is 36.4 Å². The van der Waals surface area contributed by atoms with Gasteiger partial charge in [-0.15, -0.1) is 0 Å². The van der Waals surface area contributed by atoms with Crippen molar-refractivity contribution in [1.29, 1.82) is 5.26 Å². The Morgan fingerprint density at radius 1 is 1.09 bits per heavy atom. The number of nitriles is 1. The highest BCUT2D eigenvalue weighted by Crippen LogP contribution is 2.28. The number of para-hydroxylation sites is 1. The SMILES string of the molecule is CCn1cc(C(=O)Nc2ccccc2F)c2cc(OC(=O)c3ccc(C#N)cc3)ccc21. The molecule has 0 aliphatic rings. The molecule has 0 bridgehead atoms. The number of nitrogens with zero attached hydrogens (tertiary/aromatic N) is 2. The van der Waals surface area contributed by atoms with E-state index in [2.05, 4.69) is 5.32 Å². The van der Waals surface area contributed by atoms with Crippen molar-refractivity contribution in [2.45, 2.75) is 13.5 Å². The average Bonchev–Trinajstić information content (AvgIpc) is 3.18. The minimum atomic E-state index is -0.582. The summed E-state index contributed by atoms with van der Waals surface area (Å²) in [6.45, 7) is 2.56. The summed E-state index contributed by atoms with van der Waals surface area (Å²) in [6.07, 6.45) is 1.69. The maximum Gasteiger partial charge on any atom is 0.343 e. The molecule has 0 fully saturated rings. The predicted octanol–water partition coefficient (Wildman–Crippen LogP) is 5.14. The number of nitrogens with one attached hydrogen (secondary N) is 1. The lowest BCUT2D eigenvalue weighted by Crippen LogP contribution is -2.12. The summed E-state index contributed by atoms with van der Waals surface area (Å²) in [5, 5.41) is 12.0. The van der Waals surface area contributed by atoms with Gasteiger partial charge in [-0.05, 0) is 61.5 Å². The topological polar surface area (TPSA) is 84.1 Å². The standard InChI is InChI=1S/C25H18FN3O3/c1-2-29-15-20(24(30)28-22-6-4-3-5-21(22)26)19-13-18(11-12-23(19)29)32-25(31)17-9-7-16(14-27)8-10-17/h3-13,15H,2H2,1H3,(H,28,30). The van der Waals surface area contributed by atoms with Crippen LogP contribution in [0, 0.1) is 17.1 Å². The Labute approximate surface area is 183 Å². The van der Waals surface area contributed by atoms with Gasteiger partial charge >= 0.3 is 5.97 Å². The first-order valence-electron chi connectivity index (χ1n) is 9.91. The fourth-order valence-electron chi connectivity index (χ4n) is 3.38. The molecule has 6 nitrogen and oxygen atoms in total. The van der Waals surface area contributed by atoms with Gasteiger partial charge in [0, 0.05) is 23.6 Å². The first kappa shape index (κ1) is 20.8. The number of carbonyl (C=O) groups is 2. The number of amides is 1. The molecule has 0 atom stereocenters. The molecule has 0 aliphatic heterocycles. The van der Waals surface area contributed by atoms with E-state index in [0.717, 1.165) is 5.52 Å². The van der Waals surface area contributed by atoms with Gasteiger partial charge in [-0.25, -0.2) is 9.18 Å². The van der Waals surface area contributed by atoms with Gasteiger partial charge < -0.3 is 14.6 Å². The Morgan fingerprint density at radius 2 is 1.84 bits per heavy atom. The molecule has 0 saturated heterocycles. The highest BCUT2D eigenvalue weighted by molar-refractivity contribution is 6.13. The average molecular weight is 427 g/mol. The number of hydrogen-bond acceptors (Lipinski definition) is 4. The molecule has 1 amide bonds. The number of carbonyl (C=O) groups excluding carboxylic acids is 2. The first-order valence-corrected chi connectivity index (χ1v) is 9.91. The van der Waals surface area contributed by atoms with Crippen molar-refractivity contribution in [3.05, 3.63) is 95.4 Å². The van der Waals surface area contributed by atoms with Crippen LogP contribution in [0.3, 0.4) is 0 Å². The van der Waals surface area contributed by atoms with Crippen LogP contribution in [0.1, 0.15) is 33.2 Å². The fraction of sp³-hybridized carbons (Fsp3) is 0.0800. The van der Waals surface area contributed by atoms with Gasteiger partial charge in [0.1, 0.15) is 11.6 Å². The van der Waals surface area contributed by atoms with Crippen molar-refractivity contribution in [3.63, 3.8) is 0 Å². The summed E-state index contributed by atoms with van der Waals surface area (Å²) in [5.74, 6) is -1.32. The molecule has 0 radical (unpaired) electrons. The van der Waals surface area contributed by atoms with Gasteiger partial charge in [-0.2, -0.15) is 5.26 Å². The maximum absolute atomic E-state index is 14.0. The number of esters is 1. The molecule has 32 heavy (non-hydrogen) atoms. The van der Waals surface area contributed by atoms with Gasteiger partial charge in [0.05, 0.1) is 28.4 Å². The molecular formula is C25H18FN3O3. The normalized spacial score (nSPS) is 10.5. The molecule has 0 unspecified atom stereocenters. The number of hydrogen-bond donors (Lipinski definition) is 1. The van der Waals surface area contributed by atoms with E-state index in [1.54, 1.807) is 36.5 Å². The first-order chi connectivity index (χ1) is 15.5. The number of halogens is 1. The summed E-state index contributed by atoms with van der Waals surface area (Å²) >= 11 is 0. The Morgan fingerprint density at radius 3 is 2.53 bits per heavy atom. The zero-order valence-electron chi connectivity index (χ0n) is 17.1. The van der Waals surface area contributed by atoms with Gasteiger partial charge in [-0.3, -0.25) is 4.79 Å². The Kier molecular flexibility index (Phi) is 5.69. The van der Waals surface area contributed by atoms with E-state index in [-0.39, 0.29) is 11.4 Å². The minimum absolute atomic E-state index is 0.0818. The van der Waals surface area contributed by atoms with Crippen LogP contribution in [-0.2, 0) is 6.54 Å². The van der Waals surface area contributed by atoms with E-state index in [4.69, 9.17) is 10.00 Å². The molecule has 0 saturated carbocycles. The van der Waals surface area contributed by atoms with E-state index < -0.39 is 17.7 Å². The smallest absolute Gasteiger partial charge is 0.343 e. The lowest BCUT2D eigenvalue weighted by molar-refractivity contribution is 0.0735. The third-order valence-corrected chi connectivity index (χ3v) is 5.02. The van der Waals surface area contributed by atoms with Crippen molar-refractivity contribution >= 4 is 28.5 Å². The molecule has 4 aromatic rings. The Bertz CT molecular complexity index is 1370. The molecule has 3 aromatic carbocycles. The van der Waals surface area contributed by atoms with Crippen LogP contribution in [0.2, 0.25) is 0 Å². The summed E-state index contributed by atoms with van der Waals surface area (Å²) in [6, 6.07) is 19.0. The molecule has 1 N–H and O–H groups in total. The van der Waals surface area contributed by atoms with Crippen LogP contribution in [0.25, 0.3) is 10.9 Å². The second kappa shape index (κ2) is 8.74. The highest BCUT2D eigenvalue weighted by atomic mass is 19.1. The zero-order chi connectivity index (χ0) is 22.7. The second-order valence-corrected chi connectivity index (χ2v) is 7.02. The fourth-order valence-corrected chi connectivity index (χ4v) is 3.38. The lowest BCUT2D eigenvalue weighted by Gasteiger charge is -2.07. The van der Waals surface area contributed by atoms with Crippen LogP contribution in [0.5, 0.6) is 5.75 Å². The predicted molar refractivity (Wildman–Crippen MR) is 118 cm³/mol. The molecule has 1 heterocycles. The summed E-state index contributed by atoms with van der Waals surface area (Å²) < 4.78 is 21.3. The molecule has 0 spiro atoms. The molecule has 1 aromatic heterocycles. The van der Waals surface area contributed by atoms with Crippen molar-refractivity contribution in [2.24, 2.45) is 0 Å².